The SMILES string of the molecule is Cc1ncc2c(n1)C1(CCCN(CCCc3ccccc3)C1)CC2.O=CO. The number of aryl methyl sites for hydroxylation is 3. The second kappa shape index (κ2) is 9.09. The minimum absolute atomic E-state index is 0.250. The number of aromatic nitrogens is 2. The molecule has 1 fully saturated rings. The number of fused-ring (bicyclic) bond motifs is 2. The fourth-order valence-electron chi connectivity index (χ4n) is 4.60. The van der Waals surface area contributed by atoms with Gasteiger partial charge in [0, 0.05) is 18.2 Å². The van der Waals surface area contributed by atoms with Crippen LogP contribution < -0.4 is 0 Å². The zero-order valence-electron chi connectivity index (χ0n) is 16.1. The minimum atomic E-state index is -0.250. The van der Waals surface area contributed by atoms with E-state index >= 15 is 0 Å². The van der Waals surface area contributed by atoms with E-state index in [4.69, 9.17) is 14.9 Å². The van der Waals surface area contributed by atoms with E-state index in [0.717, 1.165) is 12.2 Å². The predicted octanol–water partition coefficient (Wildman–Crippen LogP) is 3.40. The molecule has 5 nitrogen and oxygen atoms in total. The van der Waals surface area contributed by atoms with E-state index in [1.54, 1.807) is 0 Å². The summed E-state index contributed by atoms with van der Waals surface area (Å²) < 4.78 is 0. The highest BCUT2D eigenvalue weighted by molar-refractivity contribution is 5.34. The number of rotatable bonds is 4. The monoisotopic (exact) mass is 367 g/mol. The Bertz CT molecular complexity index is 746. The molecular formula is C22H29N3O2. The molecule has 5 heteroatoms. The number of nitrogens with zero attached hydrogens (tertiary/aromatic N) is 3. The highest BCUT2D eigenvalue weighted by Gasteiger charge is 2.43. The van der Waals surface area contributed by atoms with Crippen LogP contribution in [0.3, 0.4) is 0 Å². The summed E-state index contributed by atoms with van der Waals surface area (Å²) >= 11 is 0. The van der Waals surface area contributed by atoms with Crippen molar-refractivity contribution in [2.24, 2.45) is 0 Å². The van der Waals surface area contributed by atoms with Crippen molar-refractivity contribution in [2.45, 2.75) is 50.9 Å². The zero-order chi connectivity index (χ0) is 19.1. The maximum absolute atomic E-state index is 8.36. The normalized spacial score (nSPS) is 21.4. The molecule has 2 aromatic rings. The lowest BCUT2D eigenvalue weighted by Crippen LogP contribution is -2.45. The van der Waals surface area contributed by atoms with Gasteiger partial charge in [-0.25, -0.2) is 9.97 Å². The number of carboxylic acid groups (broad SMARTS) is 1. The van der Waals surface area contributed by atoms with Gasteiger partial charge in [0.2, 0.25) is 0 Å². The topological polar surface area (TPSA) is 66.3 Å². The molecule has 1 unspecified atom stereocenters. The first-order valence-corrected chi connectivity index (χ1v) is 9.84. The van der Waals surface area contributed by atoms with Crippen LogP contribution in [0, 0.1) is 6.92 Å². The Labute approximate surface area is 161 Å². The van der Waals surface area contributed by atoms with E-state index in [-0.39, 0.29) is 6.47 Å². The van der Waals surface area contributed by atoms with E-state index in [1.807, 2.05) is 6.92 Å². The summed E-state index contributed by atoms with van der Waals surface area (Å²) in [6.45, 7) is 5.41. The van der Waals surface area contributed by atoms with Crippen molar-refractivity contribution in [2.75, 3.05) is 19.6 Å². The molecule has 1 aromatic carbocycles. The number of hydrogen-bond acceptors (Lipinski definition) is 4. The molecule has 27 heavy (non-hydrogen) atoms. The summed E-state index contributed by atoms with van der Waals surface area (Å²) in [5, 5.41) is 6.89. The van der Waals surface area contributed by atoms with Gasteiger partial charge in [0.25, 0.3) is 6.47 Å². The van der Waals surface area contributed by atoms with E-state index in [1.165, 1.54) is 68.6 Å². The molecule has 1 spiro atoms. The molecule has 2 aliphatic rings. The van der Waals surface area contributed by atoms with Crippen molar-refractivity contribution >= 4 is 6.47 Å². The molecule has 0 bridgehead atoms. The van der Waals surface area contributed by atoms with Crippen molar-refractivity contribution in [3.8, 4) is 0 Å². The van der Waals surface area contributed by atoms with Crippen LogP contribution in [0.4, 0.5) is 0 Å². The van der Waals surface area contributed by atoms with Gasteiger partial charge in [-0.1, -0.05) is 30.3 Å². The third-order valence-electron chi connectivity index (χ3n) is 5.80. The number of carbonyl (C=O) groups is 1. The van der Waals surface area contributed by atoms with Gasteiger partial charge in [-0.05, 0) is 69.7 Å². The predicted molar refractivity (Wildman–Crippen MR) is 106 cm³/mol. The fourth-order valence-corrected chi connectivity index (χ4v) is 4.60. The van der Waals surface area contributed by atoms with Gasteiger partial charge in [-0.2, -0.15) is 0 Å². The quantitative estimate of drug-likeness (QED) is 0.839. The number of hydrogen-bond donors (Lipinski definition) is 1. The highest BCUT2D eigenvalue weighted by Crippen LogP contribution is 2.43. The van der Waals surface area contributed by atoms with Crippen LogP contribution >= 0.6 is 0 Å². The Balaban J connectivity index is 0.000000659. The van der Waals surface area contributed by atoms with Crippen molar-refractivity contribution in [3.05, 3.63) is 59.2 Å². The van der Waals surface area contributed by atoms with E-state index in [0.29, 0.717) is 5.41 Å². The van der Waals surface area contributed by atoms with Crippen LogP contribution in [0.1, 0.15) is 48.3 Å². The van der Waals surface area contributed by atoms with Gasteiger partial charge in [0.05, 0.1) is 5.69 Å². The van der Waals surface area contributed by atoms with Gasteiger partial charge >= 0.3 is 0 Å². The molecule has 1 aliphatic heterocycles. The lowest BCUT2D eigenvalue weighted by atomic mass is 9.77. The number of benzene rings is 1. The smallest absolute Gasteiger partial charge is 0.290 e. The van der Waals surface area contributed by atoms with Gasteiger partial charge in [-0.15, -0.1) is 0 Å². The molecule has 0 saturated carbocycles. The van der Waals surface area contributed by atoms with Gasteiger partial charge in [-0.3, -0.25) is 4.79 Å². The van der Waals surface area contributed by atoms with Crippen LogP contribution in [0.5, 0.6) is 0 Å². The van der Waals surface area contributed by atoms with E-state index in [2.05, 4.69) is 46.4 Å². The molecule has 4 rings (SSSR count). The second-order valence-electron chi connectivity index (χ2n) is 7.65. The average Bonchev–Trinajstić information content (AvgIpc) is 3.01. The zero-order valence-corrected chi connectivity index (χ0v) is 16.1. The molecule has 1 N–H and O–H groups in total. The Hall–Kier alpha value is -2.27. The molecule has 1 aliphatic carbocycles. The van der Waals surface area contributed by atoms with Gasteiger partial charge < -0.3 is 10.0 Å². The number of likely N-dealkylation sites (tertiary alicyclic amines) is 1. The molecule has 1 atom stereocenters. The van der Waals surface area contributed by atoms with Crippen molar-refractivity contribution in [1.82, 2.24) is 14.9 Å². The van der Waals surface area contributed by atoms with Crippen LogP contribution in [0.25, 0.3) is 0 Å². The van der Waals surface area contributed by atoms with Crippen LogP contribution in [-0.4, -0.2) is 46.1 Å². The van der Waals surface area contributed by atoms with E-state index in [9.17, 15) is 0 Å². The third-order valence-corrected chi connectivity index (χ3v) is 5.80. The molecule has 144 valence electrons. The maximum atomic E-state index is 8.36. The first kappa shape index (κ1) is 19.5. The van der Waals surface area contributed by atoms with Crippen LogP contribution in [0.15, 0.2) is 36.5 Å². The first-order chi connectivity index (χ1) is 13.2. The van der Waals surface area contributed by atoms with Crippen molar-refractivity contribution in [3.63, 3.8) is 0 Å². The standard InChI is InChI=1S/C21H27N3.CH2O2/c1-17-22-15-19-10-12-21(20(19)23-17)11-6-14-24(16-21)13-5-9-18-7-3-2-4-8-18;2-1-3/h2-4,7-8,15H,5-6,9-14,16H2,1H3;1H,(H,2,3). The lowest BCUT2D eigenvalue weighted by Gasteiger charge is -2.40. The fraction of sp³-hybridized carbons (Fsp3) is 0.500. The molecule has 1 aromatic heterocycles. The van der Waals surface area contributed by atoms with Gasteiger partial charge in [0.15, 0.2) is 0 Å². The van der Waals surface area contributed by atoms with Crippen LogP contribution in [0.2, 0.25) is 0 Å². The third kappa shape index (κ3) is 4.72. The summed E-state index contributed by atoms with van der Waals surface area (Å²) in [6.07, 6.45) is 9.52. The second-order valence-corrected chi connectivity index (χ2v) is 7.65. The average molecular weight is 367 g/mol. The number of piperidine rings is 1. The molecule has 2 heterocycles. The van der Waals surface area contributed by atoms with Gasteiger partial charge in [0.1, 0.15) is 5.82 Å². The molecule has 0 radical (unpaired) electrons. The van der Waals surface area contributed by atoms with Crippen molar-refractivity contribution < 1.29 is 9.90 Å². The summed E-state index contributed by atoms with van der Waals surface area (Å²) in [5.74, 6) is 0.927. The Kier molecular flexibility index (Phi) is 6.56. The maximum Gasteiger partial charge on any atom is 0.290 e. The molecular weight excluding hydrogens is 338 g/mol. The Morgan fingerprint density at radius 1 is 1.26 bits per heavy atom. The Morgan fingerprint density at radius 3 is 2.81 bits per heavy atom. The summed E-state index contributed by atoms with van der Waals surface area (Å²) in [6, 6.07) is 10.9. The first-order valence-electron chi connectivity index (χ1n) is 9.84. The van der Waals surface area contributed by atoms with E-state index < -0.39 is 0 Å². The van der Waals surface area contributed by atoms with Crippen LogP contribution in [-0.2, 0) is 23.1 Å². The Morgan fingerprint density at radius 2 is 2.04 bits per heavy atom. The lowest BCUT2D eigenvalue weighted by molar-refractivity contribution is -0.122. The summed E-state index contributed by atoms with van der Waals surface area (Å²) in [4.78, 5) is 20.3. The summed E-state index contributed by atoms with van der Waals surface area (Å²) in [5.41, 5.74) is 4.52. The van der Waals surface area contributed by atoms with Crippen molar-refractivity contribution in [1.29, 1.82) is 0 Å². The molecule has 0 amide bonds. The minimum Gasteiger partial charge on any atom is -0.483 e. The largest absolute Gasteiger partial charge is 0.483 e. The summed E-state index contributed by atoms with van der Waals surface area (Å²) in [7, 11) is 0. The molecule has 1 saturated heterocycles. The highest BCUT2D eigenvalue weighted by atomic mass is 16.3.